The van der Waals surface area contributed by atoms with Gasteiger partial charge in [-0.05, 0) is 144 Å². The number of hydrogen-bond donors (Lipinski definition) is 11. The maximum Gasteiger partial charge on any atom is 0.323 e. The molecule has 0 spiro atoms. The monoisotopic (exact) mass is 1270 g/mol. The molecular formula is C69H71N23O3. The van der Waals surface area contributed by atoms with E-state index in [1.54, 1.807) is 6.07 Å². The lowest BCUT2D eigenvalue weighted by Gasteiger charge is -2.09. The van der Waals surface area contributed by atoms with E-state index in [1.165, 1.54) is 19.0 Å². The van der Waals surface area contributed by atoms with Gasteiger partial charge in [-0.2, -0.15) is 15.3 Å². The van der Waals surface area contributed by atoms with Crippen LogP contribution in [-0.2, 0) is 0 Å². The van der Waals surface area contributed by atoms with E-state index in [1.807, 2.05) is 174 Å². The van der Waals surface area contributed by atoms with Crippen molar-refractivity contribution in [3.05, 3.63) is 187 Å². The quantitative estimate of drug-likeness (QED) is 0.0541. The fourth-order valence-corrected chi connectivity index (χ4v) is 12.1. The standard InChI is InChI=1S/2C23H24N8O.C23H23N7O/c2*1-14-3-2-4-17(11-14)29-23(32)28-16-7-5-15(6-8-16)20-19-21(24)26-13-27-22(19)31(30-20)18-9-10-25-12-18;1-14-3-2-4-16(11-14)23(31)28-17-7-5-15(6-8-17)20-19-21(24)26-13-27-22(19)30(29-20)18-9-10-25-12-18/h2*2-8,11,13,18,25H,9-10,12H2,1H3,(H2,24,26,27)(H2,28,29,32);2-8,11,13,18,25H,9-10,12H2,1H3,(H,28,31)(H2,24,26,27)/t3*18-/m101/s1. The molecule has 3 atom stereocenters. The van der Waals surface area contributed by atoms with Crippen LogP contribution in [0.25, 0.3) is 66.9 Å². The molecule has 6 aromatic heterocycles. The lowest BCUT2D eigenvalue weighted by Crippen LogP contribution is -2.19. The molecule has 95 heavy (non-hydrogen) atoms. The molecular weight excluding hydrogens is 1200 g/mol. The number of benzene rings is 6. The zero-order valence-electron chi connectivity index (χ0n) is 52.5. The SMILES string of the molecule is Cc1cccc(C(=O)Nc2ccc(-c3nn([C@@H]4CCNC4)c4ncnc(N)c34)cc2)c1.Cc1cccc(NC(=O)Nc2ccc(-c3nn([C@@H]4CCNC4)c4ncnc(N)c34)cc2)c1.Cc1cccc(NC(=O)Nc2ccc(-c3nn([C@H]4CCNC4)c4ncnc(N)c34)cc2)c1. The first-order chi connectivity index (χ1) is 46.3. The van der Waals surface area contributed by atoms with Gasteiger partial charge in [0, 0.05) is 70.3 Å². The Balaban J connectivity index is 0.000000129. The first-order valence-corrected chi connectivity index (χ1v) is 31.3. The fourth-order valence-electron chi connectivity index (χ4n) is 12.1. The van der Waals surface area contributed by atoms with Crippen molar-refractivity contribution in [3.8, 4) is 33.8 Å². The Labute approximate surface area is 546 Å². The van der Waals surface area contributed by atoms with Gasteiger partial charge < -0.3 is 59.7 Å². The first-order valence-electron chi connectivity index (χ1n) is 31.3. The molecule has 12 aromatic rings. The highest BCUT2D eigenvalue weighted by Crippen LogP contribution is 2.37. The average Bonchev–Trinajstić information content (AvgIpc) is 1.77. The molecule has 9 heterocycles. The molecule has 15 rings (SSSR count). The summed E-state index contributed by atoms with van der Waals surface area (Å²) in [6.45, 7) is 11.3. The summed E-state index contributed by atoms with van der Waals surface area (Å²) in [6.07, 6.45) is 7.39. The number of nitrogens with two attached hydrogens (primary N) is 3. The largest absolute Gasteiger partial charge is 0.383 e. The third kappa shape index (κ3) is 13.9. The van der Waals surface area contributed by atoms with Crippen molar-refractivity contribution in [1.82, 2.24) is 75.2 Å². The van der Waals surface area contributed by atoms with E-state index in [4.69, 9.17) is 32.5 Å². The van der Waals surface area contributed by atoms with Crippen LogP contribution in [0.5, 0.6) is 0 Å². The molecule has 0 saturated carbocycles. The Morgan fingerprint density at radius 1 is 0.400 bits per heavy atom. The van der Waals surface area contributed by atoms with E-state index in [2.05, 4.69) is 72.4 Å². The number of amides is 5. The normalized spacial score (nSPS) is 15.8. The minimum absolute atomic E-state index is 0.141. The van der Waals surface area contributed by atoms with Gasteiger partial charge in [-0.1, -0.05) is 78.4 Å². The lowest BCUT2D eigenvalue weighted by molar-refractivity contribution is 0.102. The van der Waals surface area contributed by atoms with Gasteiger partial charge in [0.25, 0.3) is 5.91 Å². The van der Waals surface area contributed by atoms with Crippen molar-refractivity contribution in [2.45, 2.75) is 58.2 Å². The molecule has 26 heteroatoms. The van der Waals surface area contributed by atoms with Crippen LogP contribution in [0.15, 0.2) is 165 Å². The molecule has 3 saturated heterocycles. The van der Waals surface area contributed by atoms with E-state index in [-0.39, 0.29) is 36.1 Å². The van der Waals surface area contributed by atoms with Crippen molar-refractivity contribution in [3.63, 3.8) is 0 Å². The number of nitrogen functional groups attached to an aromatic ring is 3. The van der Waals surface area contributed by atoms with Gasteiger partial charge >= 0.3 is 12.1 Å². The van der Waals surface area contributed by atoms with E-state index in [0.717, 1.165) is 153 Å². The lowest BCUT2D eigenvalue weighted by atomic mass is 10.1. The third-order valence-corrected chi connectivity index (χ3v) is 16.8. The van der Waals surface area contributed by atoms with Crippen LogP contribution >= 0.6 is 0 Å². The van der Waals surface area contributed by atoms with Gasteiger partial charge in [0.2, 0.25) is 0 Å². The third-order valence-electron chi connectivity index (χ3n) is 16.8. The number of anilines is 8. The minimum atomic E-state index is -0.301. The molecule has 0 radical (unpaired) electrons. The zero-order valence-corrected chi connectivity index (χ0v) is 52.5. The van der Waals surface area contributed by atoms with Crippen LogP contribution in [0, 0.1) is 20.8 Å². The predicted octanol–water partition coefficient (Wildman–Crippen LogP) is 10.3. The van der Waals surface area contributed by atoms with E-state index >= 15 is 0 Å². The molecule has 0 aliphatic carbocycles. The van der Waals surface area contributed by atoms with Crippen molar-refractivity contribution < 1.29 is 14.4 Å². The van der Waals surface area contributed by atoms with Crippen LogP contribution in [0.1, 0.15) is 64.4 Å². The van der Waals surface area contributed by atoms with Gasteiger partial charge in [0.05, 0.1) is 34.3 Å². The Bertz CT molecular complexity index is 4560. The number of carbonyl (C=O) groups is 3. The number of aryl methyl sites for hydroxylation is 3. The summed E-state index contributed by atoms with van der Waals surface area (Å²) in [4.78, 5) is 63.1. The molecule has 5 amide bonds. The summed E-state index contributed by atoms with van der Waals surface area (Å²) >= 11 is 0. The summed E-state index contributed by atoms with van der Waals surface area (Å²) < 4.78 is 5.85. The molecule has 3 aliphatic rings. The van der Waals surface area contributed by atoms with Crippen LogP contribution in [0.4, 0.5) is 55.5 Å². The van der Waals surface area contributed by atoms with Gasteiger partial charge in [-0.3, -0.25) is 4.79 Å². The molecule has 26 nitrogen and oxygen atoms in total. The topological polar surface area (TPSA) is 356 Å². The van der Waals surface area contributed by atoms with Crippen molar-refractivity contribution in [2.75, 3.05) is 83.1 Å². The fraction of sp³-hybridized carbons (Fsp3) is 0.217. The molecule has 6 aromatic carbocycles. The van der Waals surface area contributed by atoms with E-state index < -0.39 is 0 Å². The van der Waals surface area contributed by atoms with Crippen LogP contribution < -0.4 is 59.7 Å². The molecule has 0 unspecified atom stereocenters. The van der Waals surface area contributed by atoms with Crippen molar-refractivity contribution in [1.29, 1.82) is 0 Å². The summed E-state index contributed by atoms with van der Waals surface area (Å²) in [7, 11) is 0. The van der Waals surface area contributed by atoms with E-state index in [0.29, 0.717) is 40.1 Å². The van der Waals surface area contributed by atoms with Crippen molar-refractivity contribution >= 4 is 97.0 Å². The predicted molar refractivity (Wildman–Crippen MR) is 372 cm³/mol. The second kappa shape index (κ2) is 27.6. The van der Waals surface area contributed by atoms with Crippen LogP contribution in [0.3, 0.4) is 0 Å². The summed E-state index contributed by atoms with van der Waals surface area (Å²) in [5.74, 6) is 1.08. The highest BCUT2D eigenvalue weighted by Gasteiger charge is 2.28. The van der Waals surface area contributed by atoms with Gasteiger partial charge in [0.1, 0.15) is 53.5 Å². The Hall–Kier alpha value is -11.7. The first kappa shape index (κ1) is 62.1. The van der Waals surface area contributed by atoms with Crippen molar-refractivity contribution in [2.24, 2.45) is 0 Å². The molecule has 3 fully saturated rings. The average molecular weight is 1270 g/mol. The number of aromatic nitrogens is 12. The number of hydrogen-bond acceptors (Lipinski definition) is 18. The summed E-state index contributed by atoms with van der Waals surface area (Å²) in [5, 5.41) is 41.2. The number of rotatable bonds is 12. The van der Waals surface area contributed by atoms with Crippen LogP contribution in [-0.4, -0.2) is 116 Å². The van der Waals surface area contributed by atoms with Gasteiger partial charge in [-0.25, -0.2) is 53.5 Å². The van der Waals surface area contributed by atoms with E-state index in [9.17, 15) is 14.4 Å². The smallest absolute Gasteiger partial charge is 0.323 e. The molecule has 480 valence electrons. The van der Waals surface area contributed by atoms with Crippen LogP contribution in [0.2, 0.25) is 0 Å². The number of carbonyl (C=O) groups excluding carboxylic acids is 3. The number of nitrogens with one attached hydrogen (secondary N) is 8. The summed E-state index contributed by atoms with van der Waals surface area (Å²) in [5.41, 5.74) is 33.1. The summed E-state index contributed by atoms with van der Waals surface area (Å²) in [6, 6.07) is 45.5. The second-order valence-corrected chi connectivity index (χ2v) is 23.6. The molecule has 0 bridgehead atoms. The zero-order chi connectivity index (χ0) is 65.5. The molecule has 14 N–H and O–H groups in total. The molecule has 3 aliphatic heterocycles. The number of urea groups is 2. The minimum Gasteiger partial charge on any atom is -0.383 e. The maximum atomic E-state index is 12.5. The van der Waals surface area contributed by atoms with Gasteiger partial charge in [0.15, 0.2) is 16.9 Å². The second-order valence-electron chi connectivity index (χ2n) is 23.6. The highest BCUT2D eigenvalue weighted by atomic mass is 16.2. The highest BCUT2D eigenvalue weighted by molar-refractivity contribution is 6.06. The van der Waals surface area contributed by atoms with Gasteiger partial charge in [-0.15, -0.1) is 0 Å². The Morgan fingerprint density at radius 3 is 1.05 bits per heavy atom. The number of fused-ring (bicyclic) bond motifs is 3. The number of nitrogens with zero attached hydrogens (tertiary/aromatic N) is 12. The maximum absolute atomic E-state index is 12.5. The Kier molecular flexibility index (Phi) is 18.0. The Morgan fingerprint density at radius 2 is 0.726 bits per heavy atom.